The fourth-order valence-corrected chi connectivity index (χ4v) is 8.22. The summed E-state index contributed by atoms with van der Waals surface area (Å²) < 4.78 is 167. The van der Waals surface area contributed by atoms with Gasteiger partial charge in [0.1, 0.15) is 41.7 Å². The van der Waals surface area contributed by atoms with Crippen molar-refractivity contribution in [1.29, 1.82) is 0 Å². The Morgan fingerprint density at radius 3 is 1.82 bits per heavy atom. The van der Waals surface area contributed by atoms with Crippen LogP contribution in [0, 0.1) is 0 Å². The van der Waals surface area contributed by atoms with Crippen LogP contribution in [0.4, 0.5) is 40.3 Å². The topological polar surface area (TPSA) is 406 Å². The van der Waals surface area contributed by atoms with Gasteiger partial charge in [0.15, 0.2) is 9.84 Å². The molecule has 0 unspecified atom stereocenters. The van der Waals surface area contributed by atoms with Gasteiger partial charge in [-0.3, -0.25) is 4.55 Å². The fourth-order valence-electron chi connectivity index (χ4n) is 4.75. The van der Waals surface area contributed by atoms with Crippen LogP contribution in [-0.4, -0.2) is 87.6 Å². The van der Waals surface area contributed by atoms with E-state index in [-0.39, 0.29) is 146 Å². The summed E-state index contributed by atoms with van der Waals surface area (Å²) in [5.41, 5.74) is 3.24. The minimum absolute atomic E-state index is 0. The summed E-state index contributed by atoms with van der Waals surface area (Å²) in [5.74, 6) is -2.68. The van der Waals surface area contributed by atoms with Gasteiger partial charge in [0.05, 0.1) is 37.6 Å². The van der Waals surface area contributed by atoms with Crippen LogP contribution in [0.25, 0.3) is 10.8 Å². The van der Waals surface area contributed by atoms with Crippen LogP contribution in [0.3, 0.4) is 0 Å². The van der Waals surface area contributed by atoms with E-state index in [1.165, 1.54) is 18.2 Å². The van der Waals surface area contributed by atoms with Crippen molar-refractivity contribution in [2.75, 3.05) is 28.7 Å². The van der Waals surface area contributed by atoms with Crippen molar-refractivity contribution >= 4 is 113 Å². The Hall–Kier alpha value is -1.21. The first kappa shape index (κ1) is 57.8. The zero-order valence-corrected chi connectivity index (χ0v) is 44.3. The molecule has 0 amide bonds. The molecule has 1 heterocycles. The standard InChI is InChI=1S/C27H23ClN8O16S5.4Na/c28-25-32-26(30-14-2-1-3-16(10-14)53(38,39)7-6-52-57(49,50)51)34-27(33-25)31-15-4-5-20(55(43,44)45)18(11-15)35-36-24-21(56(46,47)48)9-13-8-17(54(40,41)42)12-19(37)22(13)23(24)29;;;;/h1-5,8-12,37H,6-7,29H2,(H,40,41,42)(H,43,44,45)(H,46,47,48)(H,49,50,51)(H2,30,31,32,33,34);;;;/q;4*+1/p-4. The molecular formula is C27H19ClN8Na4O16S5. The predicted molar refractivity (Wildman–Crippen MR) is 190 cm³/mol. The number of hydrogen-bond acceptors (Lipinski definition) is 23. The van der Waals surface area contributed by atoms with E-state index in [1.54, 1.807) is 0 Å². The second-order valence-electron chi connectivity index (χ2n) is 11.0. The molecule has 34 heteroatoms. The minimum Gasteiger partial charge on any atom is -0.872 e. The Labute approximate surface area is 440 Å². The summed E-state index contributed by atoms with van der Waals surface area (Å²) in [4.78, 5) is 8.11. The number of nitrogen functional groups attached to an aromatic ring is 1. The number of aromatic nitrogens is 3. The summed E-state index contributed by atoms with van der Waals surface area (Å²) in [6.07, 6.45) is 0. The van der Waals surface area contributed by atoms with Crippen LogP contribution in [-0.2, 0) is 54.8 Å². The molecule has 5 aromatic rings. The summed E-state index contributed by atoms with van der Waals surface area (Å²) in [7, 11) is -25.2. The molecule has 1 aromatic heterocycles. The summed E-state index contributed by atoms with van der Waals surface area (Å²) >= 11 is 6.03. The van der Waals surface area contributed by atoms with Crippen molar-refractivity contribution in [2.45, 2.75) is 19.6 Å². The van der Waals surface area contributed by atoms with E-state index in [1.807, 2.05) is 0 Å². The molecule has 0 saturated heterocycles. The first-order valence-corrected chi connectivity index (χ1v) is 22.2. The van der Waals surface area contributed by atoms with Gasteiger partial charge in [-0.1, -0.05) is 17.9 Å². The first-order chi connectivity index (χ1) is 26.2. The van der Waals surface area contributed by atoms with Crippen molar-refractivity contribution in [3.8, 4) is 5.75 Å². The number of sulfone groups is 1. The molecule has 0 fully saturated rings. The molecule has 0 bridgehead atoms. The van der Waals surface area contributed by atoms with Crippen LogP contribution in [0.5, 0.6) is 5.75 Å². The third-order valence-electron chi connectivity index (χ3n) is 7.09. The second kappa shape index (κ2) is 22.3. The largest absolute Gasteiger partial charge is 1.00 e. The quantitative estimate of drug-likeness (QED) is 0.0347. The Bertz CT molecular complexity index is 3080. The molecule has 0 aliphatic carbocycles. The van der Waals surface area contributed by atoms with Crippen LogP contribution in [0.1, 0.15) is 0 Å². The molecule has 24 nitrogen and oxygen atoms in total. The van der Waals surface area contributed by atoms with E-state index in [0.29, 0.717) is 18.2 Å². The Morgan fingerprint density at radius 2 is 1.28 bits per heavy atom. The summed E-state index contributed by atoms with van der Waals surface area (Å²) in [5, 5.41) is 23.6. The molecule has 5 N–H and O–H groups in total. The first-order valence-electron chi connectivity index (χ1n) is 14.6. The number of nitrogens with one attached hydrogen (secondary N) is 2. The van der Waals surface area contributed by atoms with Gasteiger partial charge in [-0.15, -0.1) is 10.2 Å². The zero-order valence-electron chi connectivity index (χ0n) is 31.5. The molecule has 61 heavy (non-hydrogen) atoms. The maximum atomic E-state index is 12.7. The van der Waals surface area contributed by atoms with Crippen molar-refractivity contribution in [3.05, 3.63) is 65.9 Å². The average Bonchev–Trinajstić information content (AvgIpc) is 3.05. The third-order valence-corrected chi connectivity index (χ3v) is 11.9. The van der Waals surface area contributed by atoms with E-state index < -0.39 is 117 Å². The van der Waals surface area contributed by atoms with Crippen LogP contribution >= 0.6 is 11.6 Å². The summed E-state index contributed by atoms with van der Waals surface area (Å²) in [6, 6.07) is 9.09. The normalized spacial score (nSPS) is 12.1. The molecule has 0 aliphatic rings. The number of anilines is 5. The van der Waals surface area contributed by atoms with Crippen LogP contribution in [0.15, 0.2) is 90.5 Å². The van der Waals surface area contributed by atoms with Gasteiger partial charge in [0.2, 0.25) is 17.2 Å². The maximum absolute atomic E-state index is 12.7. The number of halogens is 1. The number of hydrogen-bond donors (Lipinski definition) is 4. The van der Waals surface area contributed by atoms with Crippen molar-refractivity contribution in [3.63, 3.8) is 0 Å². The summed E-state index contributed by atoms with van der Waals surface area (Å²) in [6.45, 7) is -0.883. The van der Waals surface area contributed by atoms with E-state index in [4.69, 9.17) is 21.9 Å². The number of azo groups is 1. The molecule has 0 aliphatic heterocycles. The van der Waals surface area contributed by atoms with Gasteiger partial charge in [0, 0.05) is 11.4 Å². The number of nitrogens with zero attached hydrogens (tertiary/aromatic N) is 5. The minimum atomic E-state index is -5.56. The van der Waals surface area contributed by atoms with E-state index in [2.05, 4.69) is 40.0 Å². The van der Waals surface area contributed by atoms with Gasteiger partial charge >= 0.3 is 129 Å². The monoisotopic (exact) mass is 998 g/mol. The molecule has 4 aromatic carbocycles. The van der Waals surface area contributed by atoms with Crippen LogP contribution in [0.2, 0.25) is 5.28 Å². The van der Waals surface area contributed by atoms with Crippen molar-refractivity contribution in [1.82, 2.24) is 15.0 Å². The van der Waals surface area contributed by atoms with Gasteiger partial charge in [-0.05, 0) is 70.9 Å². The predicted octanol–water partition coefficient (Wildman–Crippen LogP) is -10.4. The van der Waals surface area contributed by atoms with Crippen molar-refractivity contribution in [2.24, 2.45) is 10.2 Å². The van der Waals surface area contributed by atoms with E-state index in [0.717, 1.165) is 24.3 Å². The smallest absolute Gasteiger partial charge is 0.872 e. The molecule has 0 atom stereocenters. The van der Waals surface area contributed by atoms with Gasteiger partial charge < -0.3 is 35.1 Å². The van der Waals surface area contributed by atoms with Gasteiger partial charge in [0.25, 0.3) is 0 Å². The Kier molecular flexibility index (Phi) is 21.2. The second-order valence-corrected chi connectivity index (χ2v) is 18.6. The molecule has 304 valence electrons. The molecule has 0 spiro atoms. The molecule has 5 rings (SSSR count). The maximum Gasteiger partial charge on any atom is 1.00 e. The fraction of sp³-hybridized carbons (Fsp3) is 0.0741. The van der Waals surface area contributed by atoms with Gasteiger partial charge in [-0.25, -0.2) is 37.9 Å². The number of rotatable bonds is 14. The number of fused-ring (bicyclic) bond motifs is 1. The average molecular weight is 999 g/mol. The third kappa shape index (κ3) is 15.4. The SMILES string of the molecule is Nc1c(N=Nc2cc(Nc3nc(Cl)nc(Nc4cccc(S(=O)(=O)CCOS(=O)(=O)O)c4)n3)ccc2S(=O)(=O)[O-])c(S(=O)(=O)[O-])cc2cc(S(=O)(=O)[O-])cc([O-])c12.[Na+].[Na+].[Na+].[Na+]. The molecule has 0 radical (unpaired) electrons. The Morgan fingerprint density at radius 1 is 0.705 bits per heavy atom. The molecule has 0 saturated carbocycles. The molecular weight excluding hydrogens is 980 g/mol. The number of benzene rings is 4. The van der Waals surface area contributed by atoms with E-state index >= 15 is 0 Å². The Balaban J connectivity index is 0.00000465. The van der Waals surface area contributed by atoms with Crippen LogP contribution < -0.4 is 140 Å². The van der Waals surface area contributed by atoms with Crippen molar-refractivity contribution < 1.29 is 188 Å². The van der Waals surface area contributed by atoms with E-state index in [9.17, 15) is 60.9 Å². The zero-order chi connectivity index (χ0) is 42.3. The van der Waals surface area contributed by atoms with Gasteiger partial charge in [-0.2, -0.15) is 23.4 Å². The number of nitrogens with two attached hydrogens (primary N) is 1.